The SMILES string of the molecule is COc1ccc2nc(C(N)=O)cn2n1. The van der Waals surface area contributed by atoms with Crippen molar-refractivity contribution < 1.29 is 9.53 Å². The first-order chi connectivity index (χ1) is 6.70. The molecule has 0 atom stereocenters. The molecule has 0 aliphatic carbocycles. The summed E-state index contributed by atoms with van der Waals surface area (Å²) in [6.45, 7) is 0. The van der Waals surface area contributed by atoms with Crippen LogP contribution < -0.4 is 10.5 Å². The summed E-state index contributed by atoms with van der Waals surface area (Å²) in [5.41, 5.74) is 5.82. The monoisotopic (exact) mass is 192 g/mol. The average molecular weight is 192 g/mol. The number of hydrogen-bond donors (Lipinski definition) is 1. The van der Waals surface area contributed by atoms with E-state index in [9.17, 15) is 4.79 Å². The van der Waals surface area contributed by atoms with E-state index in [1.807, 2.05) is 0 Å². The van der Waals surface area contributed by atoms with Crippen molar-refractivity contribution in [1.29, 1.82) is 0 Å². The minimum absolute atomic E-state index is 0.186. The number of imidazole rings is 1. The van der Waals surface area contributed by atoms with Gasteiger partial charge in [-0.3, -0.25) is 4.79 Å². The summed E-state index contributed by atoms with van der Waals surface area (Å²) < 4.78 is 6.36. The highest BCUT2D eigenvalue weighted by Crippen LogP contribution is 2.08. The van der Waals surface area contributed by atoms with Gasteiger partial charge in [0.15, 0.2) is 5.65 Å². The van der Waals surface area contributed by atoms with Crippen LogP contribution in [0, 0.1) is 0 Å². The van der Waals surface area contributed by atoms with Gasteiger partial charge in [-0.2, -0.15) is 0 Å². The van der Waals surface area contributed by atoms with Crippen molar-refractivity contribution in [2.75, 3.05) is 7.11 Å². The number of nitrogens with zero attached hydrogens (tertiary/aromatic N) is 3. The minimum atomic E-state index is -0.575. The molecule has 0 saturated heterocycles. The van der Waals surface area contributed by atoms with Crippen molar-refractivity contribution in [3.05, 3.63) is 24.0 Å². The lowest BCUT2D eigenvalue weighted by molar-refractivity contribution is 0.0996. The van der Waals surface area contributed by atoms with Gasteiger partial charge in [0, 0.05) is 6.07 Å². The Morgan fingerprint density at radius 3 is 3.00 bits per heavy atom. The molecule has 0 spiro atoms. The third-order valence-corrected chi connectivity index (χ3v) is 1.76. The van der Waals surface area contributed by atoms with Crippen LogP contribution in [0.15, 0.2) is 18.3 Å². The molecule has 1 amide bonds. The maximum absolute atomic E-state index is 10.8. The Morgan fingerprint density at radius 1 is 1.57 bits per heavy atom. The van der Waals surface area contributed by atoms with Crippen molar-refractivity contribution in [1.82, 2.24) is 14.6 Å². The predicted octanol–water partition coefficient (Wildman–Crippen LogP) is -0.163. The molecule has 2 N–H and O–H groups in total. The summed E-state index contributed by atoms with van der Waals surface area (Å²) in [6, 6.07) is 3.35. The Labute approximate surface area is 79.3 Å². The standard InChI is InChI=1S/C8H8N4O2/c1-14-7-3-2-6-10-5(8(9)13)4-12(6)11-7/h2-4H,1H3,(H2,9,13). The molecule has 72 valence electrons. The Kier molecular flexibility index (Phi) is 1.81. The molecular weight excluding hydrogens is 184 g/mol. The molecule has 2 aromatic rings. The highest BCUT2D eigenvalue weighted by molar-refractivity contribution is 5.91. The second-order valence-corrected chi connectivity index (χ2v) is 2.67. The van der Waals surface area contributed by atoms with Gasteiger partial charge in [-0.25, -0.2) is 9.50 Å². The highest BCUT2D eigenvalue weighted by Gasteiger charge is 2.07. The summed E-state index contributed by atoms with van der Waals surface area (Å²) >= 11 is 0. The van der Waals surface area contributed by atoms with Crippen molar-refractivity contribution in [2.45, 2.75) is 0 Å². The van der Waals surface area contributed by atoms with E-state index in [1.54, 1.807) is 12.1 Å². The van der Waals surface area contributed by atoms with Gasteiger partial charge in [0.05, 0.1) is 13.3 Å². The number of fused-ring (bicyclic) bond motifs is 1. The molecule has 2 aromatic heterocycles. The number of ether oxygens (including phenoxy) is 1. The topological polar surface area (TPSA) is 82.5 Å². The van der Waals surface area contributed by atoms with E-state index in [4.69, 9.17) is 10.5 Å². The first-order valence-corrected chi connectivity index (χ1v) is 3.91. The molecule has 0 unspecified atom stereocenters. The van der Waals surface area contributed by atoms with E-state index in [1.165, 1.54) is 17.8 Å². The fourth-order valence-corrected chi connectivity index (χ4v) is 1.09. The van der Waals surface area contributed by atoms with Gasteiger partial charge in [-0.05, 0) is 6.07 Å². The number of amides is 1. The Morgan fingerprint density at radius 2 is 2.36 bits per heavy atom. The second kappa shape index (κ2) is 2.99. The molecule has 6 nitrogen and oxygen atoms in total. The maximum atomic E-state index is 10.8. The van der Waals surface area contributed by atoms with Gasteiger partial charge in [-0.15, -0.1) is 5.10 Å². The third kappa shape index (κ3) is 1.26. The van der Waals surface area contributed by atoms with Gasteiger partial charge in [0.2, 0.25) is 5.88 Å². The lowest BCUT2D eigenvalue weighted by atomic mass is 10.5. The van der Waals surface area contributed by atoms with Crippen LogP contribution >= 0.6 is 0 Å². The maximum Gasteiger partial charge on any atom is 0.268 e. The predicted molar refractivity (Wildman–Crippen MR) is 48.1 cm³/mol. The normalized spacial score (nSPS) is 10.4. The number of primary amides is 1. The van der Waals surface area contributed by atoms with Crippen molar-refractivity contribution in [3.8, 4) is 5.88 Å². The number of carbonyl (C=O) groups excluding carboxylic acids is 1. The van der Waals surface area contributed by atoms with E-state index in [-0.39, 0.29) is 5.69 Å². The summed E-state index contributed by atoms with van der Waals surface area (Å²) in [7, 11) is 1.51. The lowest BCUT2D eigenvalue weighted by Crippen LogP contribution is -2.10. The van der Waals surface area contributed by atoms with Gasteiger partial charge in [-0.1, -0.05) is 0 Å². The van der Waals surface area contributed by atoms with E-state index in [0.29, 0.717) is 11.5 Å². The zero-order valence-corrected chi connectivity index (χ0v) is 7.47. The van der Waals surface area contributed by atoms with Crippen molar-refractivity contribution in [3.63, 3.8) is 0 Å². The zero-order chi connectivity index (χ0) is 10.1. The number of aromatic nitrogens is 3. The van der Waals surface area contributed by atoms with E-state index in [0.717, 1.165) is 0 Å². The fraction of sp³-hybridized carbons (Fsp3) is 0.125. The van der Waals surface area contributed by atoms with Crippen LogP contribution in [-0.4, -0.2) is 27.6 Å². The quantitative estimate of drug-likeness (QED) is 0.716. The molecular formula is C8H8N4O2. The number of methoxy groups -OCH3 is 1. The van der Waals surface area contributed by atoms with Crippen LogP contribution in [0.3, 0.4) is 0 Å². The van der Waals surface area contributed by atoms with E-state index >= 15 is 0 Å². The van der Waals surface area contributed by atoms with Crippen molar-refractivity contribution in [2.24, 2.45) is 5.73 Å². The third-order valence-electron chi connectivity index (χ3n) is 1.76. The summed E-state index contributed by atoms with van der Waals surface area (Å²) in [5, 5.41) is 4.02. The Balaban J connectivity index is 2.60. The summed E-state index contributed by atoms with van der Waals surface area (Å²) in [5.74, 6) is -0.125. The zero-order valence-electron chi connectivity index (χ0n) is 7.47. The molecule has 2 heterocycles. The van der Waals surface area contributed by atoms with Crippen molar-refractivity contribution >= 4 is 11.6 Å². The summed E-state index contributed by atoms with van der Waals surface area (Å²) in [4.78, 5) is 14.8. The van der Waals surface area contributed by atoms with Gasteiger partial charge < -0.3 is 10.5 Å². The number of nitrogens with two attached hydrogens (primary N) is 1. The molecule has 14 heavy (non-hydrogen) atoms. The smallest absolute Gasteiger partial charge is 0.268 e. The average Bonchev–Trinajstić information content (AvgIpc) is 2.59. The fourth-order valence-electron chi connectivity index (χ4n) is 1.09. The number of rotatable bonds is 2. The molecule has 0 radical (unpaired) electrons. The molecule has 2 rings (SSSR count). The van der Waals surface area contributed by atoms with Crippen LogP contribution in [0.5, 0.6) is 5.88 Å². The lowest BCUT2D eigenvalue weighted by Gasteiger charge is -1.96. The largest absolute Gasteiger partial charge is 0.480 e. The highest BCUT2D eigenvalue weighted by atomic mass is 16.5. The molecule has 0 fully saturated rings. The molecule has 0 aromatic carbocycles. The van der Waals surface area contributed by atoms with Gasteiger partial charge in [0.25, 0.3) is 5.91 Å². The van der Waals surface area contributed by atoms with Crippen LogP contribution in [-0.2, 0) is 0 Å². The molecule has 0 aliphatic heterocycles. The molecule has 0 aliphatic rings. The first-order valence-electron chi connectivity index (χ1n) is 3.91. The second-order valence-electron chi connectivity index (χ2n) is 2.67. The van der Waals surface area contributed by atoms with E-state index in [2.05, 4.69) is 10.1 Å². The molecule has 0 bridgehead atoms. The Bertz CT molecular complexity index is 491. The Hall–Kier alpha value is -2.11. The minimum Gasteiger partial charge on any atom is -0.480 e. The van der Waals surface area contributed by atoms with Crippen LogP contribution in [0.2, 0.25) is 0 Å². The molecule has 0 saturated carbocycles. The van der Waals surface area contributed by atoms with Crippen LogP contribution in [0.4, 0.5) is 0 Å². The van der Waals surface area contributed by atoms with Gasteiger partial charge >= 0.3 is 0 Å². The van der Waals surface area contributed by atoms with E-state index < -0.39 is 5.91 Å². The number of hydrogen-bond acceptors (Lipinski definition) is 4. The number of carbonyl (C=O) groups is 1. The first kappa shape index (κ1) is 8.49. The van der Waals surface area contributed by atoms with Crippen LogP contribution in [0.1, 0.15) is 10.5 Å². The summed E-state index contributed by atoms with van der Waals surface area (Å²) in [6.07, 6.45) is 1.46. The van der Waals surface area contributed by atoms with Crippen LogP contribution in [0.25, 0.3) is 5.65 Å². The molecule has 6 heteroatoms. The van der Waals surface area contributed by atoms with Gasteiger partial charge in [0.1, 0.15) is 5.69 Å².